The number of nitrogens with zero attached hydrogens (tertiary/aromatic N) is 2. The molecule has 5 N–H and O–H groups in total. The summed E-state index contributed by atoms with van der Waals surface area (Å²) < 4.78 is 2.32. The first-order valence-electron chi connectivity index (χ1n) is 13.8. The fourth-order valence-electron chi connectivity index (χ4n) is 5.54. The van der Waals surface area contributed by atoms with Gasteiger partial charge >= 0.3 is 0 Å². The summed E-state index contributed by atoms with van der Waals surface area (Å²) in [5, 5.41) is 2.34. The van der Waals surface area contributed by atoms with Gasteiger partial charge in [-0.05, 0) is 53.6 Å². The third-order valence-electron chi connectivity index (χ3n) is 7.61. The molecule has 1 aromatic heterocycles. The molecule has 0 spiro atoms. The Morgan fingerprint density at radius 2 is 1.72 bits per heavy atom. The van der Waals surface area contributed by atoms with Gasteiger partial charge in [-0.15, -0.1) is 0 Å². The number of primary amides is 1. The summed E-state index contributed by atoms with van der Waals surface area (Å²) in [6.07, 6.45) is 6.76. The maximum atomic E-state index is 10.9. The minimum atomic E-state index is -0.737. The van der Waals surface area contributed by atoms with Crippen LogP contribution in [0.2, 0.25) is 0 Å². The molecule has 4 aromatic rings. The minimum Gasteiger partial charge on any atom is -0.368 e. The van der Waals surface area contributed by atoms with E-state index in [2.05, 4.69) is 59.3 Å². The second-order valence-corrected chi connectivity index (χ2v) is 10.3. The molecule has 1 saturated carbocycles. The van der Waals surface area contributed by atoms with Gasteiger partial charge in [-0.2, -0.15) is 0 Å². The summed E-state index contributed by atoms with van der Waals surface area (Å²) in [7, 11) is 0. The molecule has 1 aliphatic rings. The number of para-hydroxylation sites is 2. The van der Waals surface area contributed by atoms with Gasteiger partial charge in [0.15, 0.2) is 0 Å². The summed E-state index contributed by atoms with van der Waals surface area (Å²) in [4.78, 5) is 25.8. The van der Waals surface area contributed by atoms with Crippen LogP contribution in [0.3, 0.4) is 0 Å². The first kappa shape index (κ1) is 28.0. The van der Waals surface area contributed by atoms with Gasteiger partial charge in [0.1, 0.15) is 11.9 Å². The second kappa shape index (κ2) is 13.7. The number of hydrogen-bond donors (Lipinski definition) is 3. The molecule has 0 bridgehead atoms. The molecule has 1 aliphatic carbocycles. The lowest BCUT2D eigenvalue weighted by Crippen LogP contribution is -2.32. The minimum absolute atomic E-state index is 0.461. The van der Waals surface area contributed by atoms with E-state index in [1.54, 1.807) is 24.3 Å². The van der Waals surface area contributed by atoms with E-state index in [-0.39, 0.29) is 0 Å². The molecule has 7 nitrogen and oxygen atoms in total. The number of hydrogen-bond acceptors (Lipinski definition) is 4. The summed E-state index contributed by atoms with van der Waals surface area (Å²) >= 11 is 0. The lowest BCUT2D eigenvalue weighted by Gasteiger charge is -2.29. The zero-order valence-corrected chi connectivity index (χ0v) is 22.6. The number of amides is 2. The molecule has 2 unspecified atom stereocenters. The van der Waals surface area contributed by atoms with Crippen molar-refractivity contribution >= 4 is 23.4 Å². The van der Waals surface area contributed by atoms with Crippen LogP contribution in [0.5, 0.6) is 0 Å². The maximum absolute atomic E-state index is 10.9. The molecule has 1 fully saturated rings. The average Bonchev–Trinajstić information content (AvgIpc) is 3.30. The van der Waals surface area contributed by atoms with Crippen LogP contribution in [0.1, 0.15) is 67.1 Å². The normalized spacial score (nSPS) is 17.6. The maximum Gasteiger partial charge on any atom is 0.244 e. The SMILES string of the molecule is C[C@@H]1CCCCC1c1ccc(Cn2c(CCN)nc3ccccc32)cc1.NC(=O)C(NC=O)c1ccccc1. The van der Waals surface area contributed by atoms with Crippen LogP contribution in [0.25, 0.3) is 11.0 Å². The number of fused-ring (bicyclic) bond motifs is 1. The number of nitrogens with one attached hydrogen (secondary N) is 1. The first-order chi connectivity index (χ1) is 19.0. The van der Waals surface area contributed by atoms with Crippen molar-refractivity contribution in [1.29, 1.82) is 0 Å². The summed E-state index contributed by atoms with van der Waals surface area (Å²) in [5.41, 5.74) is 16.7. The molecule has 7 heteroatoms. The van der Waals surface area contributed by atoms with Crippen molar-refractivity contribution in [3.8, 4) is 0 Å². The quantitative estimate of drug-likeness (QED) is 0.271. The molecule has 5 rings (SSSR count). The van der Waals surface area contributed by atoms with Gasteiger partial charge in [-0.3, -0.25) is 9.59 Å². The molecular formula is C32H39N5O2. The Balaban J connectivity index is 0.000000229. The van der Waals surface area contributed by atoms with Crippen molar-refractivity contribution < 1.29 is 9.59 Å². The van der Waals surface area contributed by atoms with Crippen molar-refractivity contribution in [2.75, 3.05) is 6.54 Å². The average molecular weight is 526 g/mol. The van der Waals surface area contributed by atoms with Crippen molar-refractivity contribution in [2.24, 2.45) is 17.4 Å². The summed E-state index contributed by atoms with van der Waals surface area (Å²) in [5.74, 6) is 2.06. The Morgan fingerprint density at radius 1 is 1.03 bits per heavy atom. The Hall–Kier alpha value is -3.97. The predicted molar refractivity (Wildman–Crippen MR) is 156 cm³/mol. The van der Waals surface area contributed by atoms with Crippen LogP contribution >= 0.6 is 0 Å². The Kier molecular flexibility index (Phi) is 9.86. The van der Waals surface area contributed by atoms with E-state index in [1.165, 1.54) is 42.3 Å². The van der Waals surface area contributed by atoms with Crippen molar-refractivity contribution in [1.82, 2.24) is 14.9 Å². The van der Waals surface area contributed by atoms with Gasteiger partial charge in [-0.1, -0.05) is 92.9 Å². The molecule has 39 heavy (non-hydrogen) atoms. The van der Waals surface area contributed by atoms with E-state index in [0.717, 1.165) is 36.1 Å². The smallest absolute Gasteiger partial charge is 0.244 e. The lowest BCUT2D eigenvalue weighted by atomic mass is 9.76. The van der Waals surface area contributed by atoms with Gasteiger partial charge in [0.25, 0.3) is 0 Å². The fraction of sp³-hybridized carbons (Fsp3) is 0.344. The molecule has 204 valence electrons. The number of nitrogens with two attached hydrogens (primary N) is 2. The molecule has 0 aliphatic heterocycles. The third-order valence-corrected chi connectivity index (χ3v) is 7.61. The van der Waals surface area contributed by atoms with E-state index in [9.17, 15) is 9.59 Å². The van der Waals surface area contributed by atoms with Crippen molar-refractivity contribution in [2.45, 2.75) is 57.5 Å². The van der Waals surface area contributed by atoms with Gasteiger partial charge in [0.2, 0.25) is 12.3 Å². The third kappa shape index (κ3) is 7.12. The van der Waals surface area contributed by atoms with Crippen LogP contribution < -0.4 is 16.8 Å². The van der Waals surface area contributed by atoms with Crippen LogP contribution in [0.4, 0.5) is 0 Å². The van der Waals surface area contributed by atoms with Crippen LogP contribution in [0, 0.1) is 5.92 Å². The number of carbonyl (C=O) groups excluding carboxylic acids is 2. The largest absolute Gasteiger partial charge is 0.368 e. The van der Waals surface area contributed by atoms with E-state index in [1.807, 2.05) is 12.1 Å². The van der Waals surface area contributed by atoms with Crippen LogP contribution in [0.15, 0.2) is 78.9 Å². The number of aromatic nitrogens is 2. The number of imidazole rings is 1. The van der Waals surface area contributed by atoms with Gasteiger partial charge in [-0.25, -0.2) is 4.98 Å². The molecule has 0 saturated heterocycles. The number of carbonyl (C=O) groups is 2. The molecule has 2 amide bonds. The van der Waals surface area contributed by atoms with E-state index in [4.69, 9.17) is 16.5 Å². The summed E-state index contributed by atoms with van der Waals surface area (Å²) in [6, 6.07) is 25.8. The molecule has 1 heterocycles. The highest BCUT2D eigenvalue weighted by molar-refractivity contribution is 5.83. The lowest BCUT2D eigenvalue weighted by molar-refractivity contribution is -0.122. The Labute approximate surface area is 230 Å². The van der Waals surface area contributed by atoms with Crippen molar-refractivity contribution in [3.05, 3.63) is 101 Å². The van der Waals surface area contributed by atoms with Gasteiger partial charge in [0.05, 0.1) is 11.0 Å². The number of rotatable bonds is 9. The number of benzene rings is 3. The topological polar surface area (TPSA) is 116 Å². The Morgan fingerprint density at radius 3 is 2.38 bits per heavy atom. The van der Waals surface area contributed by atoms with E-state index < -0.39 is 11.9 Å². The zero-order valence-electron chi connectivity index (χ0n) is 22.6. The van der Waals surface area contributed by atoms with E-state index >= 15 is 0 Å². The Bertz CT molecular complexity index is 1350. The highest BCUT2D eigenvalue weighted by Gasteiger charge is 2.22. The fourth-order valence-corrected chi connectivity index (χ4v) is 5.54. The van der Waals surface area contributed by atoms with E-state index in [0.29, 0.717) is 18.5 Å². The summed E-state index contributed by atoms with van der Waals surface area (Å²) in [6.45, 7) is 3.90. The standard InChI is InChI=1S/C23H29N3.C9H10N2O2/c1-17-6-2-3-7-20(17)19-12-10-18(11-13-19)16-26-22-9-5-4-8-21(22)25-23(26)14-15-24;10-9(13)8(11-6-12)7-4-2-1-3-5-7/h4-5,8-13,17,20H,2-3,6-7,14-16,24H2,1H3;1-6,8H,(H2,10,13)(H,11,12)/t17-,20?;/m1./s1. The van der Waals surface area contributed by atoms with Gasteiger partial charge < -0.3 is 21.4 Å². The van der Waals surface area contributed by atoms with Crippen LogP contribution in [-0.2, 0) is 22.6 Å². The molecule has 3 atom stereocenters. The zero-order chi connectivity index (χ0) is 27.6. The monoisotopic (exact) mass is 525 g/mol. The highest BCUT2D eigenvalue weighted by atomic mass is 16.2. The molecule has 0 radical (unpaired) electrons. The van der Waals surface area contributed by atoms with Gasteiger partial charge in [0, 0.05) is 13.0 Å². The van der Waals surface area contributed by atoms with Crippen molar-refractivity contribution in [3.63, 3.8) is 0 Å². The molecule has 3 aromatic carbocycles. The first-order valence-corrected chi connectivity index (χ1v) is 13.8. The van der Waals surface area contributed by atoms with Crippen LogP contribution in [-0.4, -0.2) is 28.4 Å². The second-order valence-electron chi connectivity index (χ2n) is 10.3. The molecular weight excluding hydrogens is 486 g/mol. The highest BCUT2D eigenvalue weighted by Crippen LogP contribution is 2.37. The predicted octanol–water partition coefficient (Wildman–Crippen LogP) is 4.84.